The van der Waals surface area contributed by atoms with E-state index >= 15 is 0 Å². The van der Waals surface area contributed by atoms with Crippen molar-refractivity contribution in [2.45, 2.75) is 4.90 Å². The molecule has 21 heavy (non-hydrogen) atoms. The standard InChI is InChI=1S/C10H8ClFN2O6S/c11-4-1-5(9(16)17)8(12)6(2-4)21(19,20)3-7(15)14-10(13)18/h1-2H,3H2,(H,16,17)(H3,13,14,15,18). The normalized spacial score (nSPS) is 11.0. The number of amides is 3. The number of imide groups is 1. The van der Waals surface area contributed by atoms with Crippen molar-refractivity contribution in [1.29, 1.82) is 0 Å². The van der Waals surface area contributed by atoms with Crippen molar-refractivity contribution in [1.82, 2.24) is 5.32 Å². The first kappa shape index (κ1) is 16.9. The molecule has 0 bridgehead atoms. The van der Waals surface area contributed by atoms with Crippen molar-refractivity contribution in [3.63, 3.8) is 0 Å². The van der Waals surface area contributed by atoms with Crippen LogP contribution >= 0.6 is 11.6 Å². The van der Waals surface area contributed by atoms with Crippen molar-refractivity contribution in [3.8, 4) is 0 Å². The maximum absolute atomic E-state index is 13.9. The third-order valence-corrected chi connectivity index (χ3v) is 3.98. The summed E-state index contributed by atoms with van der Waals surface area (Å²) < 4.78 is 37.6. The van der Waals surface area contributed by atoms with E-state index in [1.54, 1.807) is 0 Å². The fourth-order valence-corrected chi connectivity index (χ4v) is 2.92. The van der Waals surface area contributed by atoms with Gasteiger partial charge in [0, 0.05) is 5.02 Å². The first-order chi connectivity index (χ1) is 9.54. The van der Waals surface area contributed by atoms with Gasteiger partial charge in [-0.2, -0.15) is 0 Å². The third-order valence-electron chi connectivity index (χ3n) is 2.15. The molecule has 1 rings (SSSR count). The second-order valence-electron chi connectivity index (χ2n) is 3.74. The molecule has 3 amide bonds. The maximum atomic E-state index is 13.9. The van der Waals surface area contributed by atoms with Gasteiger partial charge in [-0.25, -0.2) is 22.4 Å². The minimum atomic E-state index is -4.56. The van der Waals surface area contributed by atoms with Crippen LogP contribution in [0.2, 0.25) is 5.02 Å². The van der Waals surface area contributed by atoms with Gasteiger partial charge in [-0.1, -0.05) is 11.6 Å². The number of aromatic carboxylic acids is 1. The highest BCUT2D eigenvalue weighted by Crippen LogP contribution is 2.24. The Balaban J connectivity index is 3.29. The smallest absolute Gasteiger partial charge is 0.338 e. The van der Waals surface area contributed by atoms with Crippen molar-refractivity contribution in [2.75, 3.05) is 5.75 Å². The van der Waals surface area contributed by atoms with Crippen molar-refractivity contribution < 1.29 is 32.3 Å². The largest absolute Gasteiger partial charge is 0.478 e. The summed E-state index contributed by atoms with van der Waals surface area (Å²) in [4.78, 5) is 31.3. The number of halogens is 2. The number of hydrogen-bond donors (Lipinski definition) is 3. The first-order valence-electron chi connectivity index (χ1n) is 5.09. The van der Waals surface area contributed by atoms with Crippen LogP contribution in [-0.2, 0) is 14.6 Å². The fourth-order valence-electron chi connectivity index (χ4n) is 1.37. The number of urea groups is 1. The topological polar surface area (TPSA) is 144 Å². The average Bonchev–Trinajstić information content (AvgIpc) is 2.29. The summed E-state index contributed by atoms with van der Waals surface area (Å²) in [5.74, 6) is -5.88. The Kier molecular flexibility index (Phi) is 4.86. The highest BCUT2D eigenvalue weighted by Gasteiger charge is 2.27. The highest BCUT2D eigenvalue weighted by atomic mass is 35.5. The van der Waals surface area contributed by atoms with Crippen LogP contribution in [0.25, 0.3) is 0 Å². The summed E-state index contributed by atoms with van der Waals surface area (Å²) in [5.41, 5.74) is 3.67. The lowest BCUT2D eigenvalue weighted by Crippen LogP contribution is -2.38. The van der Waals surface area contributed by atoms with Crippen LogP contribution in [0, 0.1) is 5.82 Å². The number of carbonyl (C=O) groups excluding carboxylic acids is 2. The lowest BCUT2D eigenvalue weighted by atomic mass is 10.2. The quantitative estimate of drug-likeness (QED) is 0.712. The van der Waals surface area contributed by atoms with Crippen LogP contribution in [0.15, 0.2) is 17.0 Å². The molecule has 0 saturated carbocycles. The number of carboxylic acid groups (broad SMARTS) is 1. The Labute approximate surface area is 122 Å². The molecule has 8 nitrogen and oxygen atoms in total. The Bertz CT molecular complexity index is 733. The average molecular weight is 339 g/mol. The van der Waals surface area contributed by atoms with Crippen molar-refractivity contribution in [2.24, 2.45) is 5.73 Å². The van der Waals surface area contributed by atoms with Gasteiger partial charge < -0.3 is 10.8 Å². The van der Waals surface area contributed by atoms with Crippen LogP contribution in [0.4, 0.5) is 9.18 Å². The number of carbonyl (C=O) groups is 3. The molecule has 114 valence electrons. The lowest BCUT2D eigenvalue weighted by Gasteiger charge is -2.08. The number of benzene rings is 1. The Morgan fingerprint density at radius 1 is 1.33 bits per heavy atom. The van der Waals surface area contributed by atoms with Crippen molar-refractivity contribution >= 4 is 39.3 Å². The van der Waals surface area contributed by atoms with Gasteiger partial charge in [-0.15, -0.1) is 0 Å². The lowest BCUT2D eigenvalue weighted by molar-refractivity contribution is -0.117. The van der Waals surface area contributed by atoms with Crippen LogP contribution in [0.5, 0.6) is 0 Å². The molecule has 0 aliphatic rings. The zero-order valence-corrected chi connectivity index (χ0v) is 11.7. The van der Waals surface area contributed by atoms with Gasteiger partial charge in [-0.05, 0) is 12.1 Å². The summed E-state index contributed by atoms with van der Waals surface area (Å²) in [7, 11) is -4.56. The molecule has 0 aliphatic carbocycles. The molecule has 11 heteroatoms. The number of nitrogens with one attached hydrogen (secondary N) is 1. The summed E-state index contributed by atoms with van der Waals surface area (Å²) in [6, 6.07) is 0.103. The summed E-state index contributed by atoms with van der Waals surface area (Å²) in [6.07, 6.45) is 0. The summed E-state index contributed by atoms with van der Waals surface area (Å²) in [6.45, 7) is 0. The second kappa shape index (κ2) is 6.06. The highest BCUT2D eigenvalue weighted by molar-refractivity contribution is 7.92. The molecule has 0 heterocycles. The van der Waals surface area contributed by atoms with E-state index in [0.29, 0.717) is 6.07 Å². The minimum absolute atomic E-state index is 0.345. The third kappa shape index (κ3) is 4.13. The molecular weight excluding hydrogens is 331 g/mol. The molecule has 0 fully saturated rings. The van der Waals surface area contributed by atoms with Gasteiger partial charge in [0.2, 0.25) is 5.91 Å². The van der Waals surface area contributed by atoms with Gasteiger partial charge in [-0.3, -0.25) is 10.1 Å². The predicted octanol–water partition coefficient (Wildman–Crippen LogP) is 0.146. The van der Waals surface area contributed by atoms with E-state index in [1.165, 1.54) is 5.32 Å². The van der Waals surface area contributed by atoms with Gasteiger partial charge in [0.25, 0.3) is 0 Å². The van der Waals surface area contributed by atoms with Crippen LogP contribution in [0.3, 0.4) is 0 Å². The van der Waals surface area contributed by atoms with E-state index in [1.807, 2.05) is 0 Å². The van der Waals surface area contributed by atoms with Crippen LogP contribution < -0.4 is 11.1 Å². The number of primary amides is 1. The van der Waals surface area contributed by atoms with E-state index in [0.717, 1.165) is 6.07 Å². The molecule has 0 radical (unpaired) electrons. The molecular formula is C10H8ClFN2O6S. The number of carboxylic acids is 1. The van der Waals surface area contributed by atoms with Crippen LogP contribution in [0.1, 0.15) is 10.4 Å². The zero-order valence-electron chi connectivity index (χ0n) is 10.1. The Morgan fingerprint density at radius 3 is 2.38 bits per heavy atom. The molecule has 0 aromatic heterocycles. The molecule has 4 N–H and O–H groups in total. The molecule has 0 spiro atoms. The predicted molar refractivity (Wildman–Crippen MR) is 68.1 cm³/mol. The van der Waals surface area contributed by atoms with E-state index in [9.17, 15) is 27.2 Å². The van der Waals surface area contributed by atoms with Gasteiger partial charge >= 0.3 is 12.0 Å². The molecule has 1 aromatic carbocycles. The SMILES string of the molecule is NC(=O)NC(=O)CS(=O)(=O)c1cc(Cl)cc(C(=O)O)c1F. The van der Waals surface area contributed by atoms with Gasteiger partial charge in [0.15, 0.2) is 15.7 Å². The van der Waals surface area contributed by atoms with Gasteiger partial charge in [0.1, 0.15) is 10.6 Å². The molecule has 0 unspecified atom stereocenters. The maximum Gasteiger partial charge on any atom is 0.338 e. The first-order valence-corrected chi connectivity index (χ1v) is 7.12. The van der Waals surface area contributed by atoms with Crippen molar-refractivity contribution in [3.05, 3.63) is 28.5 Å². The van der Waals surface area contributed by atoms with Gasteiger partial charge in [0.05, 0.1) is 5.56 Å². The molecule has 0 atom stereocenters. The number of nitrogens with two attached hydrogens (primary N) is 1. The summed E-state index contributed by atoms with van der Waals surface area (Å²) >= 11 is 5.52. The minimum Gasteiger partial charge on any atom is -0.478 e. The Morgan fingerprint density at radius 2 is 1.90 bits per heavy atom. The molecule has 1 aromatic rings. The number of hydrogen-bond acceptors (Lipinski definition) is 5. The summed E-state index contributed by atoms with van der Waals surface area (Å²) in [5, 5.41) is 9.89. The number of sulfone groups is 1. The Hall–Kier alpha value is -2.20. The number of rotatable bonds is 4. The van der Waals surface area contributed by atoms with E-state index in [4.69, 9.17) is 16.7 Å². The van der Waals surface area contributed by atoms with Crippen LogP contribution in [-0.4, -0.2) is 37.2 Å². The zero-order chi connectivity index (χ0) is 16.4. The van der Waals surface area contributed by atoms with E-state index < -0.39 is 49.8 Å². The monoisotopic (exact) mass is 338 g/mol. The molecule has 0 saturated heterocycles. The van der Waals surface area contributed by atoms with E-state index in [-0.39, 0.29) is 5.02 Å². The van der Waals surface area contributed by atoms with E-state index in [2.05, 4.69) is 5.73 Å². The fraction of sp³-hybridized carbons (Fsp3) is 0.100. The second-order valence-corrected chi connectivity index (χ2v) is 6.14. The molecule has 0 aliphatic heterocycles.